The molecule has 214 valence electrons. The third-order valence-electron chi connectivity index (χ3n) is 10.5. The number of para-hydroxylation sites is 1. The number of halogens is 1. The lowest BCUT2D eigenvalue weighted by Gasteiger charge is -2.30. The van der Waals surface area contributed by atoms with E-state index in [9.17, 15) is 0 Å². The van der Waals surface area contributed by atoms with Gasteiger partial charge in [0.2, 0.25) is 0 Å². The molecule has 2 aliphatic rings. The Morgan fingerprint density at radius 1 is 0.478 bits per heavy atom. The summed E-state index contributed by atoms with van der Waals surface area (Å²) in [6.07, 6.45) is 0. The molecule has 0 atom stereocenters. The Hall–Kier alpha value is -4.96. The molecule has 0 fully saturated rings. The lowest BCUT2D eigenvalue weighted by Crippen LogP contribution is -2.25. The molecule has 2 aromatic heterocycles. The van der Waals surface area contributed by atoms with E-state index in [1.54, 1.807) is 0 Å². The number of hydrogen-bond donors (Lipinski definition) is 0. The van der Waals surface area contributed by atoms with Gasteiger partial charge in [0.15, 0.2) is 0 Å². The Balaban J connectivity index is 1.32. The van der Waals surface area contributed by atoms with Crippen LogP contribution in [0.5, 0.6) is 0 Å². The molecule has 46 heavy (non-hydrogen) atoms. The quantitative estimate of drug-likeness (QED) is 0.164. The summed E-state index contributed by atoms with van der Waals surface area (Å²) in [5, 5.41) is 5.17. The summed E-state index contributed by atoms with van der Waals surface area (Å²) in [6, 6.07) is 54.6. The Morgan fingerprint density at radius 3 is 1.85 bits per heavy atom. The fourth-order valence-corrected chi connectivity index (χ4v) is 10.2. The standard InChI is InChI=1S/C43H24BrNS/c44-25-17-21-39-32(23-25)33-24-26(18-22-40(33)46-39)45-38-16-8-4-11-29(38)30-19-20-37-41(42(30)45)31-12-3-7-15-36(31)43(37)34-13-5-1-9-27(34)28-10-2-6-14-35(28)43/h1-24H. The monoisotopic (exact) mass is 665 g/mol. The molecule has 0 bridgehead atoms. The molecular weight excluding hydrogens is 642 g/mol. The Bertz CT molecular complexity index is 2730. The fraction of sp³-hybridized carbons (Fsp3) is 0.0233. The molecule has 0 N–H and O–H groups in total. The average molecular weight is 667 g/mol. The van der Waals surface area contributed by atoms with Gasteiger partial charge >= 0.3 is 0 Å². The number of rotatable bonds is 1. The van der Waals surface area contributed by atoms with Gasteiger partial charge in [-0.3, -0.25) is 0 Å². The number of hydrogen-bond acceptors (Lipinski definition) is 1. The van der Waals surface area contributed by atoms with E-state index in [0.717, 1.165) is 4.47 Å². The zero-order chi connectivity index (χ0) is 30.1. The zero-order valence-corrected chi connectivity index (χ0v) is 27.0. The van der Waals surface area contributed by atoms with Crippen LogP contribution in [0.25, 0.3) is 69.9 Å². The minimum atomic E-state index is -0.367. The highest BCUT2D eigenvalue weighted by molar-refractivity contribution is 9.10. The molecule has 0 saturated heterocycles. The van der Waals surface area contributed by atoms with Gasteiger partial charge in [-0.05, 0) is 81.4 Å². The van der Waals surface area contributed by atoms with Crippen molar-refractivity contribution in [2.45, 2.75) is 5.41 Å². The van der Waals surface area contributed by atoms with Crippen LogP contribution in [0.2, 0.25) is 0 Å². The number of fused-ring (bicyclic) bond motifs is 17. The van der Waals surface area contributed by atoms with Crippen molar-refractivity contribution >= 4 is 69.2 Å². The highest BCUT2D eigenvalue weighted by Crippen LogP contribution is 2.64. The molecule has 0 aliphatic heterocycles. The van der Waals surface area contributed by atoms with Crippen LogP contribution in [0, 0.1) is 0 Å². The van der Waals surface area contributed by atoms with E-state index in [-0.39, 0.29) is 5.41 Å². The third kappa shape index (κ3) is 2.96. The van der Waals surface area contributed by atoms with Crippen LogP contribution in [0.15, 0.2) is 150 Å². The second kappa shape index (κ2) is 8.85. The fourth-order valence-electron chi connectivity index (χ4n) is 8.78. The van der Waals surface area contributed by atoms with Crippen molar-refractivity contribution in [2.75, 3.05) is 0 Å². The summed E-state index contributed by atoms with van der Waals surface area (Å²) in [4.78, 5) is 0. The number of benzene rings is 7. The SMILES string of the molecule is Brc1ccc2sc3ccc(-n4c5ccccc5c5ccc6c(c54)-c4ccccc4C64c5ccccc5-c5ccccc54)cc3c2c1. The highest BCUT2D eigenvalue weighted by atomic mass is 79.9. The lowest BCUT2D eigenvalue weighted by atomic mass is 9.70. The van der Waals surface area contributed by atoms with Gasteiger partial charge in [0.25, 0.3) is 0 Å². The summed E-state index contributed by atoms with van der Waals surface area (Å²) < 4.78 is 6.27. The molecule has 1 spiro atoms. The molecule has 7 aromatic carbocycles. The van der Waals surface area contributed by atoms with Crippen molar-refractivity contribution in [2.24, 2.45) is 0 Å². The molecule has 0 saturated carbocycles. The van der Waals surface area contributed by atoms with E-state index in [2.05, 4.69) is 166 Å². The Morgan fingerprint density at radius 2 is 1.09 bits per heavy atom. The predicted molar refractivity (Wildman–Crippen MR) is 198 cm³/mol. The molecule has 0 unspecified atom stereocenters. The van der Waals surface area contributed by atoms with E-state index in [0.29, 0.717) is 0 Å². The molecule has 0 amide bonds. The van der Waals surface area contributed by atoms with Gasteiger partial charge in [0.1, 0.15) is 0 Å². The summed E-state index contributed by atoms with van der Waals surface area (Å²) in [5.41, 5.74) is 14.2. The minimum absolute atomic E-state index is 0.367. The molecule has 9 aromatic rings. The van der Waals surface area contributed by atoms with Gasteiger partial charge in [0, 0.05) is 46.7 Å². The van der Waals surface area contributed by atoms with Crippen molar-refractivity contribution < 1.29 is 0 Å². The first-order chi connectivity index (χ1) is 22.7. The normalized spacial score (nSPS) is 13.9. The maximum Gasteiger partial charge on any atom is 0.0726 e. The second-order valence-corrected chi connectivity index (χ2v) is 14.5. The number of nitrogens with zero attached hydrogens (tertiary/aromatic N) is 1. The van der Waals surface area contributed by atoms with E-state index in [4.69, 9.17) is 0 Å². The van der Waals surface area contributed by atoms with Gasteiger partial charge in [0.05, 0.1) is 16.4 Å². The molecular formula is C43H24BrNS. The van der Waals surface area contributed by atoms with Crippen molar-refractivity contribution in [3.05, 3.63) is 172 Å². The smallest absolute Gasteiger partial charge is 0.0726 e. The zero-order valence-electron chi connectivity index (χ0n) is 24.6. The molecule has 1 nitrogen and oxygen atoms in total. The van der Waals surface area contributed by atoms with E-state index >= 15 is 0 Å². The predicted octanol–water partition coefficient (Wildman–Crippen LogP) is 12.3. The average Bonchev–Trinajstić information content (AvgIpc) is 3.81. The van der Waals surface area contributed by atoms with Crippen molar-refractivity contribution in [3.8, 4) is 27.9 Å². The van der Waals surface area contributed by atoms with Gasteiger partial charge in [-0.1, -0.05) is 119 Å². The van der Waals surface area contributed by atoms with Gasteiger partial charge in [-0.25, -0.2) is 0 Å². The number of thiophene rings is 1. The van der Waals surface area contributed by atoms with E-state index in [1.807, 2.05) is 11.3 Å². The van der Waals surface area contributed by atoms with Gasteiger partial charge < -0.3 is 4.57 Å². The number of aromatic nitrogens is 1. The van der Waals surface area contributed by atoms with Crippen LogP contribution in [0.3, 0.4) is 0 Å². The van der Waals surface area contributed by atoms with E-state index in [1.165, 1.54) is 92.2 Å². The molecule has 11 rings (SSSR count). The topological polar surface area (TPSA) is 4.93 Å². The minimum Gasteiger partial charge on any atom is -0.309 e. The lowest BCUT2D eigenvalue weighted by molar-refractivity contribution is 0.794. The highest BCUT2D eigenvalue weighted by Gasteiger charge is 2.52. The summed E-state index contributed by atoms with van der Waals surface area (Å²) in [5.74, 6) is 0. The van der Waals surface area contributed by atoms with Crippen molar-refractivity contribution in [3.63, 3.8) is 0 Å². The molecule has 3 heteroatoms. The van der Waals surface area contributed by atoms with Crippen molar-refractivity contribution in [1.29, 1.82) is 0 Å². The van der Waals surface area contributed by atoms with Crippen LogP contribution in [-0.4, -0.2) is 4.57 Å². The summed E-state index contributed by atoms with van der Waals surface area (Å²) in [6.45, 7) is 0. The van der Waals surface area contributed by atoms with Gasteiger partial charge in [-0.15, -0.1) is 11.3 Å². The maximum absolute atomic E-state index is 3.73. The molecule has 0 radical (unpaired) electrons. The largest absolute Gasteiger partial charge is 0.309 e. The van der Waals surface area contributed by atoms with Crippen LogP contribution >= 0.6 is 27.3 Å². The second-order valence-electron chi connectivity index (χ2n) is 12.5. The van der Waals surface area contributed by atoms with Gasteiger partial charge in [-0.2, -0.15) is 0 Å². The first kappa shape index (κ1) is 25.3. The summed E-state index contributed by atoms with van der Waals surface area (Å²) >= 11 is 5.59. The summed E-state index contributed by atoms with van der Waals surface area (Å²) in [7, 11) is 0. The van der Waals surface area contributed by atoms with Crippen LogP contribution < -0.4 is 0 Å². The first-order valence-electron chi connectivity index (χ1n) is 15.7. The van der Waals surface area contributed by atoms with E-state index < -0.39 is 0 Å². The van der Waals surface area contributed by atoms with Crippen LogP contribution in [0.4, 0.5) is 0 Å². The van der Waals surface area contributed by atoms with Crippen LogP contribution in [-0.2, 0) is 5.41 Å². The Labute approximate surface area is 278 Å². The van der Waals surface area contributed by atoms with Crippen molar-refractivity contribution in [1.82, 2.24) is 4.57 Å². The third-order valence-corrected chi connectivity index (χ3v) is 12.1. The first-order valence-corrected chi connectivity index (χ1v) is 17.3. The Kier molecular flexibility index (Phi) is 4.86. The molecule has 2 aliphatic carbocycles. The van der Waals surface area contributed by atoms with Crippen LogP contribution in [0.1, 0.15) is 22.3 Å². The molecule has 2 heterocycles. The maximum atomic E-state index is 3.73.